The summed E-state index contributed by atoms with van der Waals surface area (Å²) in [6.45, 7) is 0.0434. The molecule has 1 amide bonds. The topological polar surface area (TPSA) is 92.5 Å². The van der Waals surface area contributed by atoms with E-state index in [9.17, 15) is 20.0 Å². The predicted octanol–water partition coefficient (Wildman–Crippen LogP) is 2.66. The second kappa shape index (κ2) is 7.89. The Morgan fingerprint density at radius 3 is 2.45 bits per heavy atom. The summed E-state index contributed by atoms with van der Waals surface area (Å²) >= 11 is 0. The fourth-order valence-corrected chi connectivity index (χ4v) is 3.09. The lowest BCUT2D eigenvalue weighted by atomic mass is 9.82. The Balaban J connectivity index is 2.01. The number of nitro benzene ring substituents is 1. The summed E-state index contributed by atoms with van der Waals surface area (Å²) in [6.07, 6.45) is 6.26. The van der Waals surface area contributed by atoms with Crippen molar-refractivity contribution in [1.82, 2.24) is 5.32 Å². The van der Waals surface area contributed by atoms with Gasteiger partial charge in [-0.25, -0.2) is 0 Å². The summed E-state index contributed by atoms with van der Waals surface area (Å²) in [5.41, 5.74) is 0.375. The second-order valence-corrected chi connectivity index (χ2v) is 5.79. The molecule has 2 rings (SSSR count). The molecule has 1 aromatic rings. The zero-order valence-corrected chi connectivity index (χ0v) is 12.5. The van der Waals surface area contributed by atoms with Gasteiger partial charge in [-0.15, -0.1) is 0 Å². The van der Waals surface area contributed by atoms with Gasteiger partial charge in [-0.05, 0) is 37.3 Å². The molecule has 0 aromatic heterocycles. The van der Waals surface area contributed by atoms with E-state index in [0.717, 1.165) is 12.8 Å². The number of nitrogens with zero attached hydrogens (tertiary/aromatic N) is 1. The number of nitrogens with one attached hydrogen (secondary N) is 1. The summed E-state index contributed by atoms with van der Waals surface area (Å²) in [5, 5.41) is 22.8. The summed E-state index contributed by atoms with van der Waals surface area (Å²) in [6, 6.07) is 5.55. The molecule has 22 heavy (non-hydrogen) atoms. The zero-order chi connectivity index (χ0) is 15.9. The Hall–Kier alpha value is -1.95. The van der Waals surface area contributed by atoms with E-state index in [-0.39, 0.29) is 24.2 Å². The molecule has 0 radical (unpaired) electrons. The van der Waals surface area contributed by atoms with Crippen LogP contribution in [0.4, 0.5) is 5.69 Å². The number of amides is 1. The minimum absolute atomic E-state index is 0.0317. The number of hydrogen-bond donors (Lipinski definition) is 2. The Labute approximate surface area is 129 Å². The number of rotatable bonds is 6. The summed E-state index contributed by atoms with van der Waals surface area (Å²) in [7, 11) is 0. The van der Waals surface area contributed by atoms with E-state index in [0.29, 0.717) is 17.9 Å². The Kier molecular flexibility index (Phi) is 5.89. The molecule has 0 saturated heterocycles. The van der Waals surface area contributed by atoms with Crippen LogP contribution in [0.2, 0.25) is 0 Å². The van der Waals surface area contributed by atoms with Crippen molar-refractivity contribution >= 4 is 11.6 Å². The highest BCUT2D eigenvalue weighted by atomic mass is 16.6. The lowest BCUT2D eigenvalue weighted by Gasteiger charge is -2.30. The number of hydrogen-bond acceptors (Lipinski definition) is 4. The van der Waals surface area contributed by atoms with Gasteiger partial charge in [0.15, 0.2) is 0 Å². The van der Waals surface area contributed by atoms with Gasteiger partial charge in [0.25, 0.3) is 11.6 Å². The van der Waals surface area contributed by atoms with E-state index in [4.69, 9.17) is 0 Å². The fraction of sp³-hybridized carbons (Fsp3) is 0.562. The summed E-state index contributed by atoms with van der Waals surface area (Å²) < 4.78 is 0. The van der Waals surface area contributed by atoms with Gasteiger partial charge in [0.1, 0.15) is 0 Å². The minimum Gasteiger partial charge on any atom is -0.396 e. The Morgan fingerprint density at radius 1 is 1.27 bits per heavy atom. The number of nitro groups is 1. The summed E-state index contributed by atoms with van der Waals surface area (Å²) in [4.78, 5) is 22.4. The first kappa shape index (κ1) is 16.4. The van der Waals surface area contributed by atoms with Crippen molar-refractivity contribution in [3.05, 3.63) is 39.9 Å². The molecule has 1 atom stereocenters. The maximum Gasteiger partial charge on any atom is 0.269 e. The molecule has 1 saturated carbocycles. The predicted molar refractivity (Wildman–Crippen MR) is 82.6 cm³/mol. The lowest BCUT2D eigenvalue weighted by Crippen LogP contribution is -2.41. The van der Waals surface area contributed by atoms with Gasteiger partial charge in [-0.1, -0.05) is 19.3 Å². The monoisotopic (exact) mass is 306 g/mol. The van der Waals surface area contributed by atoms with Crippen molar-refractivity contribution in [2.24, 2.45) is 5.92 Å². The van der Waals surface area contributed by atoms with Crippen molar-refractivity contribution in [3.8, 4) is 0 Å². The molecule has 0 aliphatic heterocycles. The van der Waals surface area contributed by atoms with Gasteiger partial charge >= 0.3 is 0 Å². The van der Waals surface area contributed by atoms with E-state index in [1.54, 1.807) is 0 Å². The van der Waals surface area contributed by atoms with E-state index in [2.05, 4.69) is 5.32 Å². The van der Waals surface area contributed by atoms with Crippen LogP contribution in [0, 0.1) is 16.0 Å². The molecule has 1 fully saturated rings. The third-order valence-electron chi connectivity index (χ3n) is 4.32. The SMILES string of the molecule is O=C(NC(CCO)C1CCCCC1)c1ccc([N+](=O)[O-])cc1. The van der Waals surface area contributed by atoms with Gasteiger partial charge < -0.3 is 10.4 Å². The van der Waals surface area contributed by atoms with Crippen molar-refractivity contribution in [3.63, 3.8) is 0 Å². The molecule has 120 valence electrons. The van der Waals surface area contributed by atoms with Crippen LogP contribution in [0.5, 0.6) is 0 Å². The molecule has 1 aliphatic rings. The number of benzene rings is 1. The normalized spacial score (nSPS) is 17.0. The van der Waals surface area contributed by atoms with Crippen LogP contribution in [0.25, 0.3) is 0 Å². The van der Waals surface area contributed by atoms with Gasteiger partial charge in [0, 0.05) is 30.3 Å². The fourth-order valence-electron chi connectivity index (χ4n) is 3.09. The van der Waals surface area contributed by atoms with Crippen LogP contribution < -0.4 is 5.32 Å². The highest BCUT2D eigenvalue weighted by Crippen LogP contribution is 2.28. The highest BCUT2D eigenvalue weighted by molar-refractivity contribution is 5.94. The molecule has 6 nitrogen and oxygen atoms in total. The maximum absolute atomic E-state index is 12.3. The zero-order valence-electron chi connectivity index (χ0n) is 12.5. The van der Waals surface area contributed by atoms with Crippen LogP contribution in [0.3, 0.4) is 0 Å². The van der Waals surface area contributed by atoms with Gasteiger partial charge in [0.2, 0.25) is 0 Å². The standard InChI is InChI=1S/C16H22N2O4/c19-11-10-15(12-4-2-1-3-5-12)17-16(20)13-6-8-14(9-7-13)18(21)22/h6-9,12,15,19H,1-5,10-11H2,(H,17,20). The van der Waals surface area contributed by atoms with Crippen LogP contribution in [-0.2, 0) is 0 Å². The van der Waals surface area contributed by atoms with Crippen LogP contribution in [0.1, 0.15) is 48.9 Å². The second-order valence-electron chi connectivity index (χ2n) is 5.79. The maximum atomic E-state index is 12.3. The average molecular weight is 306 g/mol. The van der Waals surface area contributed by atoms with Crippen molar-refractivity contribution in [1.29, 1.82) is 0 Å². The first-order chi connectivity index (χ1) is 10.6. The number of aliphatic hydroxyl groups excluding tert-OH is 1. The van der Waals surface area contributed by atoms with Gasteiger partial charge in [0.05, 0.1) is 4.92 Å². The number of carbonyl (C=O) groups is 1. The third kappa shape index (κ3) is 4.27. The van der Waals surface area contributed by atoms with E-state index in [1.807, 2.05) is 0 Å². The number of aliphatic hydroxyl groups is 1. The van der Waals surface area contributed by atoms with E-state index in [1.165, 1.54) is 43.5 Å². The van der Waals surface area contributed by atoms with Gasteiger partial charge in [-0.2, -0.15) is 0 Å². The van der Waals surface area contributed by atoms with Crippen LogP contribution in [0.15, 0.2) is 24.3 Å². The van der Waals surface area contributed by atoms with Crippen molar-refractivity contribution in [2.75, 3.05) is 6.61 Å². The van der Waals surface area contributed by atoms with Gasteiger partial charge in [-0.3, -0.25) is 14.9 Å². The van der Waals surface area contributed by atoms with E-state index >= 15 is 0 Å². The highest BCUT2D eigenvalue weighted by Gasteiger charge is 2.25. The smallest absolute Gasteiger partial charge is 0.269 e. The van der Waals surface area contributed by atoms with Crippen molar-refractivity contribution < 1.29 is 14.8 Å². The molecule has 1 aromatic carbocycles. The lowest BCUT2D eigenvalue weighted by molar-refractivity contribution is -0.384. The summed E-state index contributed by atoms with van der Waals surface area (Å²) in [5.74, 6) is 0.168. The van der Waals surface area contributed by atoms with E-state index < -0.39 is 4.92 Å². The largest absolute Gasteiger partial charge is 0.396 e. The van der Waals surface area contributed by atoms with Crippen LogP contribution >= 0.6 is 0 Å². The number of carbonyl (C=O) groups excluding carboxylic acids is 1. The molecule has 0 heterocycles. The molecule has 1 unspecified atom stereocenters. The Bertz CT molecular complexity index is 509. The minimum atomic E-state index is -0.488. The first-order valence-corrected chi connectivity index (χ1v) is 7.78. The quantitative estimate of drug-likeness (QED) is 0.624. The average Bonchev–Trinajstić information content (AvgIpc) is 2.55. The Morgan fingerprint density at radius 2 is 1.91 bits per heavy atom. The molecular formula is C16H22N2O4. The first-order valence-electron chi connectivity index (χ1n) is 7.78. The molecule has 2 N–H and O–H groups in total. The molecular weight excluding hydrogens is 284 g/mol. The third-order valence-corrected chi connectivity index (χ3v) is 4.32. The van der Waals surface area contributed by atoms with Crippen molar-refractivity contribution in [2.45, 2.75) is 44.6 Å². The van der Waals surface area contributed by atoms with Crippen LogP contribution in [-0.4, -0.2) is 28.6 Å². The molecule has 0 spiro atoms. The molecule has 6 heteroatoms. The number of non-ortho nitro benzene ring substituents is 1. The molecule has 0 bridgehead atoms. The molecule has 1 aliphatic carbocycles.